The number of aromatic nitrogens is 3. The first-order valence-electron chi connectivity index (χ1n) is 14.2. The largest absolute Gasteiger partial charge is 0.494 e. The van der Waals surface area contributed by atoms with Crippen LogP contribution in [-0.4, -0.2) is 99.3 Å². The molecule has 4 N–H and O–H groups in total. The van der Waals surface area contributed by atoms with Gasteiger partial charge in [0.15, 0.2) is 11.4 Å². The van der Waals surface area contributed by atoms with Crippen molar-refractivity contribution in [2.75, 3.05) is 45.7 Å². The third-order valence-electron chi connectivity index (χ3n) is 7.98. The Morgan fingerprint density at radius 1 is 1.14 bits per heavy atom. The van der Waals surface area contributed by atoms with E-state index in [2.05, 4.69) is 30.0 Å². The molecule has 13 heteroatoms. The smallest absolute Gasteiger partial charge is 0.261 e. The van der Waals surface area contributed by atoms with Gasteiger partial charge in [0, 0.05) is 18.8 Å². The van der Waals surface area contributed by atoms with Crippen LogP contribution in [0.25, 0.3) is 27.3 Å². The summed E-state index contributed by atoms with van der Waals surface area (Å²) in [5.74, 6) is 0.140. The average molecular weight is 598 g/mol. The number of hydrogen-bond acceptors (Lipinski definition) is 10. The lowest BCUT2D eigenvalue weighted by Crippen LogP contribution is -2.46. The summed E-state index contributed by atoms with van der Waals surface area (Å²) in [6.07, 6.45) is 1.94. The highest BCUT2D eigenvalue weighted by Crippen LogP contribution is 2.36. The summed E-state index contributed by atoms with van der Waals surface area (Å²) in [4.78, 5) is 45.3. The second kappa shape index (κ2) is 11.8. The third-order valence-corrected chi connectivity index (χ3v) is 7.98. The summed E-state index contributed by atoms with van der Waals surface area (Å²) in [6, 6.07) is 9.51. The normalized spacial score (nSPS) is 16.2. The number of carbonyl (C=O) groups excluding carboxylic acids is 2. The molecule has 0 aliphatic carbocycles. The predicted octanol–water partition coefficient (Wildman–Crippen LogP) is 3.43. The van der Waals surface area contributed by atoms with E-state index in [9.17, 15) is 19.8 Å². The number of nitrogens with zero attached hydrogens (tertiary/aromatic N) is 5. The Morgan fingerprint density at radius 3 is 2.61 bits per heavy atom. The molecule has 2 aromatic heterocycles. The maximum atomic E-state index is 13.3. The highest BCUT2D eigenvalue weighted by molar-refractivity contribution is 6.23. The summed E-state index contributed by atoms with van der Waals surface area (Å²) in [6.45, 7) is 8.77. The van der Waals surface area contributed by atoms with Crippen molar-refractivity contribution in [1.82, 2.24) is 24.8 Å². The van der Waals surface area contributed by atoms with E-state index in [4.69, 9.17) is 16.0 Å². The molecule has 0 unspecified atom stereocenters. The van der Waals surface area contributed by atoms with Gasteiger partial charge in [0.2, 0.25) is 5.88 Å². The van der Waals surface area contributed by atoms with Crippen LogP contribution >= 0.6 is 0 Å². The van der Waals surface area contributed by atoms with Gasteiger partial charge in [-0.1, -0.05) is 6.07 Å². The Kier molecular flexibility index (Phi) is 7.77. The van der Waals surface area contributed by atoms with E-state index >= 15 is 0 Å². The van der Waals surface area contributed by atoms with Gasteiger partial charge in [-0.15, -0.1) is 0 Å². The number of pyridine rings is 1. The Labute approximate surface area is 252 Å². The molecule has 0 saturated carbocycles. The number of nitrogens with one attached hydrogen (secondary N) is 2. The van der Waals surface area contributed by atoms with Crippen molar-refractivity contribution in [1.29, 1.82) is 0 Å². The molecule has 0 bridgehead atoms. The van der Waals surface area contributed by atoms with Crippen molar-refractivity contribution < 1.29 is 29.3 Å². The number of methoxy groups -OCH3 is 1. The van der Waals surface area contributed by atoms with Crippen LogP contribution in [0.4, 0.5) is 11.4 Å². The Bertz CT molecular complexity index is 1740. The molecule has 1 atom stereocenters. The quantitative estimate of drug-likeness (QED) is 0.166. The first kappa shape index (κ1) is 28.9. The zero-order valence-corrected chi connectivity index (χ0v) is 24.2. The first-order chi connectivity index (χ1) is 21.3. The third kappa shape index (κ3) is 5.36. The van der Waals surface area contributed by atoms with Crippen molar-refractivity contribution in [3.8, 4) is 28.8 Å². The van der Waals surface area contributed by atoms with Crippen LogP contribution in [0.1, 0.15) is 33.6 Å². The number of aliphatic hydroxyl groups is 1. The molecule has 0 spiro atoms. The van der Waals surface area contributed by atoms with Crippen LogP contribution in [0.5, 0.6) is 17.4 Å². The van der Waals surface area contributed by atoms with Gasteiger partial charge in [0.25, 0.3) is 11.8 Å². The fraction of sp³-hybridized carbons (Fsp3) is 0.323. The number of hydrogen-bond donors (Lipinski definition) is 4. The maximum absolute atomic E-state index is 13.3. The minimum absolute atomic E-state index is 0.0588. The van der Waals surface area contributed by atoms with Crippen molar-refractivity contribution in [3.05, 3.63) is 65.1 Å². The second-order valence-corrected chi connectivity index (χ2v) is 10.9. The standard InChI is InChI=1S/C31H31N7O6/c1-32-17-4-5-25(26(12-17)43-3)44-16-19(39)15-34-22-6-9-33-29(40)27(22)28-35-23-13-20-21(14-24(23)36-28)31(42)38(30(20)41)18-7-10-37(2)11-8-18/h4-6,9,12-14,18-19,39H,7-8,10-11,15-16H2,2-3H3,(H,35,36)(H2,33,34,40)/t19-/m1/s1. The Morgan fingerprint density at radius 2 is 1.89 bits per heavy atom. The molecule has 0 radical (unpaired) electrons. The second-order valence-electron chi connectivity index (χ2n) is 10.9. The lowest BCUT2D eigenvalue weighted by atomic mass is 10.0. The summed E-state index contributed by atoms with van der Waals surface area (Å²) in [7, 11) is 3.50. The summed E-state index contributed by atoms with van der Waals surface area (Å²) in [5, 5.41) is 24.4. The van der Waals surface area contributed by atoms with Crippen LogP contribution in [-0.2, 0) is 0 Å². The number of ether oxygens (including phenoxy) is 2. The van der Waals surface area contributed by atoms with Gasteiger partial charge < -0.3 is 34.9 Å². The summed E-state index contributed by atoms with van der Waals surface area (Å²) in [5.41, 5.74) is 2.76. The van der Waals surface area contributed by atoms with Gasteiger partial charge in [-0.3, -0.25) is 14.5 Å². The van der Waals surface area contributed by atoms with Gasteiger partial charge in [-0.05, 0) is 63.3 Å². The van der Waals surface area contributed by atoms with E-state index in [1.165, 1.54) is 18.2 Å². The van der Waals surface area contributed by atoms with Gasteiger partial charge in [0.05, 0.1) is 41.5 Å². The molecule has 226 valence electrons. The highest BCUT2D eigenvalue weighted by atomic mass is 16.5. The van der Waals surface area contributed by atoms with Gasteiger partial charge in [-0.25, -0.2) is 14.8 Å². The summed E-state index contributed by atoms with van der Waals surface area (Å²) >= 11 is 0. The number of aliphatic hydroxyl groups excluding tert-OH is 1. The van der Waals surface area contributed by atoms with Crippen molar-refractivity contribution in [3.63, 3.8) is 0 Å². The van der Waals surface area contributed by atoms with E-state index in [-0.39, 0.29) is 48.3 Å². The zero-order valence-electron chi connectivity index (χ0n) is 24.2. The SMILES string of the molecule is [C-]#[N+]c1ccc(OC[C@H](O)CNc2ccnc(O)c2-c2nc3cc4c(cc3[nH]2)C(=O)N(C2CCN(C)CC2)C4=O)c(OC)c1. The number of piperidine rings is 1. The molecule has 44 heavy (non-hydrogen) atoms. The predicted molar refractivity (Wildman–Crippen MR) is 161 cm³/mol. The number of rotatable bonds is 9. The molecule has 2 aromatic carbocycles. The molecular formula is C31H31N7O6. The lowest BCUT2D eigenvalue weighted by molar-refractivity contribution is 0.0516. The van der Waals surface area contributed by atoms with Crippen LogP contribution in [0.3, 0.4) is 0 Å². The topological polar surface area (TPSA) is 157 Å². The summed E-state index contributed by atoms with van der Waals surface area (Å²) < 4.78 is 11.0. The average Bonchev–Trinajstić information content (AvgIpc) is 3.55. The molecule has 4 aromatic rings. The lowest BCUT2D eigenvalue weighted by Gasteiger charge is -2.33. The molecule has 13 nitrogen and oxygen atoms in total. The number of likely N-dealkylation sites (tertiary alicyclic amines) is 1. The minimum Gasteiger partial charge on any atom is -0.494 e. The van der Waals surface area contributed by atoms with E-state index in [1.54, 1.807) is 36.4 Å². The molecule has 1 saturated heterocycles. The first-order valence-corrected chi connectivity index (χ1v) is 14.2. The van der Waals surface area contributed by atoms with Gasteiger partial charge in [-0.2, -0.15) is 0 Å². The van der Waals surface area contributed by atoms with Crippen LogP contribution in [0.15, 0.2) is 42.6 Å². The molecule has 1 fully saturated rings. The number of fused-ring (bicyclic) bond motifs is 2. The maximum Gasteiger partial charge on any atom is 0.261 e. The molecule has 6 rings (SSSR count). The number of imidazole rings is 1. The minimum atomic E-state index is -0.952. The number of aromatic amines is 1. The number of benzene rings is 2. The van der Waals surface area contributed by atoms with Gasteiger partial charge >= 0.3 is 0 Å². The number of H-pyrrole nitrogens is 1. The fourth-order valence-corrected chi connectivity index (χ4v) is 5.61. The van der Waals surface area contributed by atoms with Crippen LogP contribution in [0.2, 0.25) is 0 Å². The van der Waals surface area contributed by atoms with Crippen LogP contribution < -0.4 is 14.8 Å². The number of imide groups is 1. The molecule has 2 amide bonds. The fourth-order valence-electron chi connectivity index (χ4n) is 5.61. The Hall–Kier alpha value is -5.19. The number of anilines is 1. The molecule has 2 aliphatic rings. The van der Waals surface area contributed by atoms with Crippen molar-refractivity contribution >= 4 is 34.2 Å². The van der Waals surface area contributed by atoms with Gasteiger partial charge in [0.1, 0.15) is 29.8 Å². The van der Waals surface area contributed by atoms with Crippen LogP contribution in [0, 0.1) is 6.57 Å². The Balaban J connectivity index is 1.18. The highest BCUT2D eigenvalue weighted by Gasteiger charge is 2.41. The van der Waals surface area contributed by atoms with E-state index in [1.807, 2.05) is 7.05 Å². The van der Waals surface area contributed by atoms with Crippen molar-refractivity contribution in [2.24, 2.45) is 0 Å². The zero-order chi connectivity index (χ0) is 31.0. The monoisotopic (exact) mass is 597 g/mol. The van der Waals surface area contributed by atoms with Crippen molar-refractivity contribution in [2.45, 2.75) is 25.0 Å². The van der Waals surface area contributed by atoms with E-state index in [0.717, 1.165) is 25.9 Å². The molecule has 2 aliphatic heterocycles. The molecular weight excluding hydrogens is 566 g/mol. The van der Waals surface area contributed by atoms with E-state index in [0.29, 0.717) is 45.0 Å². The molecule has 4 heterocycles. The number of carbonyl (C=O) groups is 2. The number of amides is 2. The number of aromatic hydroxyl groups is 1. The van der Waals surface area contributed by atoms with E-state index < -0.39 is 6.10 Å².